The number of carbonyl (C=O) groups is 6. The number of amides is 4. The smallest absolute Gasteiger partial charge is 0.258 e. The summed E-state index contributed by atoms with van der Waals surface area (Å²) in [6, 6.07) is 23.9. The van der Waals surface area contributed by atoms with Gasteiger partial charge in [0.05, 0.1) is 20.8 Å². The summed E-state index contributed by atoms with van der Waals surface area (Å²) in [6.45, 7) is 6.00. The lowest BCUT2D eigenvalue weighted by molar-refractivity contribution is -0.127. The molecule has 19 heteroatoms. The number of hydrogen-bond acceptors (Lipinski definition) is 10. The zero-order chi connectivity index (χ0) is 47.4. The first kappa shape index (κ1) is 50.0. The van der Waals surface area contributed by atoms with E-state index < -0.39 is 47.3 Å². The standard InChI is InChI=1S/C46H41Cl5N8O6/c1-24(48)28-5-11-33(12-6-28)52-43(62)31-9-16-36(50)39(22-31)56-58-41(26(3)60)45(64)54-35-15-18-38(30(21-35)19-20-47)55-46(65)42(27(4)61)59-57-40-23-32(10-17-37(40)51)44(63)53-34-13-7-29(8-14-34)25(2)49/h5-18,21-25,41-42H,19-20H2,1-4H3,(H,52,62)(H,53,63)(H,54,64)(H,55,65). The molecule has 5 rings (SSSR count). The van der Waals surface area contributed by atoms with Crippen LogP contribution >= 0.6 is 58.0 Å². The summed E-state index contributed by atoms with van der Waals surface area (Å²) in [5.41, 5.74) is 4.23. The number of aryl methyl sites for hydroxylation is 1. The van der Waals surface area contributed by atoms with Crippen molar-refractivity contribution in [2.75, 3.05) is 27.1 Å². The van der Waals surface area contributed by atoms with E-state index >= 15 is 0 Å². The van der Waals surface area contributed by atoms with Gasteiger partial charge in [0.1, 0.15) is 11.4 Å². The zero-order valence-corrected chi connectivity index (χ0v) is 38.9. The maximum atomic E-state index is 13.5. The Balaban J connectivity index is 1.26. The highest BCUT2D eigenvalue weighted by Crippen LogP contribution is 2.30. The fraction of sp³-hybridized carbons (Fsp3) is 0.217. The van der Waals surface area contributed by atoms with E-state index in [0.717, 1.165) is 25.0 Å². The van der Waals surface area contributed by atoms with E-state index in [0.29, 0.717) is 16.9 Å². The van der Waals surface area contributed by atoms with Gasteiger partial charge in [-0.25, -0.2) is 0 Å². The highest BCUT2D eigenvalue weighted by Gasteiger charge is 2.26. The van der Waals surface area contributed by atoms with Crippen LogP contribution in [0.15, 0.2) is 124 Å². The molecule has 4 atom stereocenters. The van der Waals surface area contributed by atoms with Crippen LogP contribution in [0.5, 0.6) is 0 Å². The number of ketones is 2. The minimum atomic E-state index is -1.61. The first-order valence-electron chi connectivity index (χ1n) is 19.8. The number of alkyl halides is 3. The molecule has 14 nitrogen and oxygen atoms in total. The van der Waals surface area contributed by atoms with Gasteiger partial charge in [0.2, 0.25) is 12.1 Å². The van der Waals surface area contributed by atoms with Gasteiger partial charge in [-0.3, -0.25) is 28.8 Å². The van der Waals surface area contributed by atoms with Crippen LogP contribution in [0.25, 0.3) is 0 Å². The molecule has 0 aromatic heterocycles. The highest BCUT2D eigenvalue weighted by atomic mass is 35.5. The van der Waals surface area contributed by atoms with E-state index in [-0.39, 0.29) is 67.0 Å². The second-order valence-electron chi connectivity index (χ2n) is 14.5. The Morgan fingerprint density at radius 2 is 0.954 bits per heavy atom. The Labute approximate surface area is 399 Å². The van der Waals surface area contributed by atoms with Crippen LogP contribution in [0, 0.1) is 0 Å². The van der Waals surface area contributed by atoms with Crippen LogP contribution in [0.2, 0.25) is 10.0 Å². The van der Waals surface area contributed by atoms with Crippen molar-refractivity contribution in [3.05, 3.63) is 141 Å². The van der Waals surface area contributed by atoms with Gasteiger partial charge in [-0.05, 0) is 130 Å². The van der Waals surface area contributed by atoms with Crippen LogP contribution in [0.4, 0.5) is 34.1 Å². The molecule has 0 saturated carbocycles. The number of anilines is 4. The number of halogens is 5. The lowest BCUT2D eigenvalue weighted by Crippen LogP contribution is -2.32. The molecular weight excluding hydrogens is 938 g/mol. The predicted molar refractivity (Wildman–Crippen MR) is 256 cm³/mol. The molecule has 5 aromatic carbocycles. The lowest BCUT2D eigenvalue weighted by Gasteiger charge is -2.15. The first-order chi connectivity index (χ1) is 30.9. The summed E-state index contributed by atoms with van der Waals surface area (Å²) in [5, 5.41) is 26.7. The van der Waals surface area contributed by atoms with Gasteiger partial charge in [-0.2, -0.15) is 20.5 Å². The summed E-state index contributed by atoms with van der Waals surface area (Å²) >= 11 is 31.0. The van der Waals surface area contributed by atoms with Gasteiger partial charge < -0.3 is 21.3 Å². The van der Waals surface area contributed by atoms with E-state index in [2.05, 4.69) is 41.7 Å². The Kier molecular flexibility index (Phi) is 17.9. The second-order valence-corrected chi connectivity index (χ2v) is 17.0. The van der Waals surface area contributed by atoms with Crippen molar-refractivity contribution in [1.29, 1.82) is 0 Å². The molecule has 0 bridgehead atoms. The van der Waals surface area contributed by atoms with Gasteiger partial charge in [0.15, 0.2) is 11.6 Å². The van der Waals surface area contributed by atoms with Crippen molar-refractivity contribution in [3.63, 3.8) is 0 Å². The molecule has 0 spiro atoms. The number of nitrogens with one attached hydrogen (secondary N) is 4. The maximum absolute atomic E-state index is 13.5. The van der Waals surface area contributed by atoms with Gasteiger partial charge in [0.25, 0.3) is 23.6 Å². The second kappa shape index (κ2) is 23.2. The van der Waals surface area contributed by atoms with Crippen LogP contribution < -0.4 is 21.3 Å². The third-order valence-electron chi connectivity index (χ3n) is 9.50. The van der Waals surface area contributed by atoms with Crippen LogP contribution in [0.1, 0.15) is 75.9 Å². The average Bonchev–Trinajstić information content (AvgIpc) is 3.26. The molecule has 0 aliphatic rings. The number of azo groups is 2. The number of nitrogens with zero attached hydrogens (tertiary/aromatic N) is 4. The predicted octanol–water partition coefficient (Wildman–Crippen LogP) is 12.2. The van der Waals surface area contributed by atoms with Crippen molar-refractivity contribution in [1.82, 2.24) is 0 Å². The largest absolute Gasteiger partial charge is 0.324 e. The van der Waals surface area contributed by atoms with E-state index in [9.17, 15) is 28.8 Å². The molecule has 0 saturated heterocycles. The molecule has 0 heterocycles. The quantitative estimate of drug-likeness (QED) is 0.0382. The van der Waals surface area contributed by atoms with Gasteiger partial charge >= 0.3 is 0 Å². The molecule has 65 heavy (non-hydrogen) atoms. The van der Waals surface area contributed by atoms with Crippen molar-refractivity contribution in [2.45, 2.75) is 57.0 Å². The van der Waals surface area contributed by atoms with Crippen LogP contribution in [-0.4, -0.2) is 53.2 Å². The highest BCUT2D eigenvalue weighted by molar-refractivity contribution is 6.33. The van der Waals surface area contributed by atoms with Crippen molar-refractivity contribution >= 4 is 127 Å². The first-order valence-corrected chi connectivity index (χ1v) is 21.9. The maximum Gasteiger partial charge on any atom is 0.258 e. The molecule has 5 aromatic rings. The van der Waals surface area contributed by atoms with E-state index in [4.69, 9.17) is 58.0 Å². The fourth-order valence-corrected chi connectivity index (χ4v) is 6.73. The van der Waals surface area contributed by atoms with Gasteiger partial charge in [-0.15, -0.1) is 34.8 Å². The Morgan fingerprint density at radius 1 is 0.538 bits per heavy atom. The SMILES string of the molecule is CC(=O)C(N=Nc1cc(C(=O)Nc2ccc(C(C)Cl)cc2)ccc1Cl)C(=O)Nc1ccc(NC(=O)C(N=Nc2cc(C(=O)Nc3ccc(C(C)Cl)cc3)ccc2Cl)C(C)=O)c(CCCl)c1. The summed E-state index contributed by atoms with van der Waals surface area (Å²) in [5.74, 6) is -3.76. The number of benzene rings is 5. The van der Waals surface area contributed by atoms with Crippen molar-refractivity contribution < 1.29 is 28.8 Å². The minimum Gasteiger partial charge on any atom is -0.324 e. The Hall–Kier alpha value is -6.03. The van der Waals surface area contributed by atoms with Gasteiger partial charge in [0, 0.05) is 39.8 Å². The summed E-state index contributed by atoms with van der Waals surface area (Å²) in [4.78, 5) is 78.2. The molecule has 4 unspecified atom stereocenters. The average molecular weight is 979 g/mol. The van der Waals surface area contributed by atoms with E-state index in [1.807, 2.05) is 13.8 Å². The monoisotopic (exact) mass is 976 g/mol. The summed E-state index contributed by atoms with van der Waals surface area (Å²) in [7, 11) is 0. The minimum absolute atomic E-state index is 0.0376. The number of carbonyl (C=O) groups excluding carboxylic acids is 6. The number of hydrogen-bond donors (Lipinski definition) is 4. The Bertz CT molecular complexity index is 2660. The number of Topliss-reactive ketones (excluding diaryl/α,β-unsaturated/α-hetero) is 2. The van der Waals surface area contributed by atoms with Crippen LogP contribution in [-0.2, 0) is 25.6 Å². The third kappa shape index (κ3) is 14.0. The van der Waals surface area contributed by atoms with Gasteiger partial charge in [-0.1, -0.05) is 47.5 Å². The molecule has 0 aliphatic carbocycles. The third-order valence-corrected chi connectivity index (χ3v) is 10.8. The number of rotatable bonds is 18. The summed E-state index contributed by atoms with van der Waals surface area (Å²) in [6.07, 6.45) is 0.212. The molecule has 4 N–H and O–H groups in total. The molecule has 4 amide bonds. The fourth-order valence-electron chi connectivity index (χ4n) is 5.92. The molecule has 0 aliphatic heterocycles. The normalized spacial score (nSPS) is 13.1. The van der Waals surface area contributed by atoms with Crippen LogP contribution in [0.3, 0.4) is 0 Å². The van der Waals surface area contributed by atoms with Crippen molar-refractivity contribution in [3.8, 4) is 0 Å². The summed E-state index contributed by atoms with van der Waals surface area (Å²) < 4.78 is 0. The van der Waals surface area contributed by atoms with E-state index in [1.165, 1.54) is 54.6 Å². The molecule has 336 valence electrons. The lowest BCUT2D eigenvalue weighted by atomic mass is 10.1. The van der Waals surface area contributed by atoms with Crippen molar-refractivity contribution in [2.24, 2.45) is 20.5 Å². The molecule has 0 radical (unpaired) electrons. The van der Waals surface area contributed by atoms with E-state index in [1.54, 1.807) is 48.5 Å². The zero-order valence-electron chi connectivity index (χ0n) is 35.2. The topological polar surface area (TPSA) is 200 Å². The molecule has 0 fully saturated rings. The molecular formula is C46H41Cl5N8O6. The Morgan fingerprint density at radius 3 is 1.35 bits per heavy atom.